The molecule has 0 radical (unpaired) electrons. The number of amides is 1. The number of benzene rings is 2. The lowest BCUT2D eigenvalue weighted by Gasteiger charge is -2.08. The van der Waals surface area contributed by atoms with Gasteiger partial charge in [0.1, 0.15) is 11.6 Å². The molecule has 27 heavy (non-hydrogen) atoms. The zero-order valence-electron chi connectivity index (χ0n) is 15.3. The molecular formula is C20H21FN4OS. The molecule has 7 heteroatoms. The zero-order valence-corrected chi connectivity index (χ0v) is 16.1. The first-order valence-corrected chi connectivity index (χ1v) is 9.69. The highest BCUT2D eigenvalue weighted by Gasteiger charge is 2.15. The molecule has 0 bridgehead atoms. The van der Waals surface area contributed by atoms with E-state index in [9.17, 15) is 9.18 Å². The van der Waals surface area contributed by atoms with Crippen LogP contribution in [0.5, 0.6) is 0 Å². The maximum atomic E-state index is 13.0. The number of anilines is 1. The van der Waals surface area contributed by atoms with Crippen LogP contribution in [0.2, 0.25) is 0 Å². The number of aryl methyl sites for hydroxylation is 1. The summed E-state index contributed by atoms with van der Waals surface area (Å²) in [6.45, 7) is 4.67. The van der Waals surface area contributed by atoms with Crippen LogP contribution in [-0.4, -0.2) is 20.7 Å². The Hall–Kier alpha value is -2.67. The number of rotatable bonds is 7. The number of hydrogen-bond acceptors (Lipinski definition) is 4. The van der Waals surface area contributed by atoms with E-state index in [-0.39, 0.29) is 18.1 Å². The van der Waals surface area contributed by atoms with Gasteiger partial charge in [0, 0.05) is 18.0 Å². The maximum Gasteiger partial charge on any atom is 0.232 e. The lowest BCUT2D eigenvalue weighted by atomic mass is 10.2. The van der Waals surface area contributed by atoms with Crippen molar-refractivity contribution >= 4 is 23.4 Å². The Kier molecular flexibility index (Phi) is 6.24. The minimum atomic E-state index is -0.248. The summed E-state index contributed by atoms with van der Waals surface area (Å²) < 4.78 is 14.9. The first-order valence-electron chi connectivity index (χ1n) is 8.71. The third-order valence-electron chi connectivity index (χ3n) is 4.04. The van der Waals surface area contributed by atoms with Gasteiger partial charge in [-0.05, 0) is 43.7 Å². The van der Waals surface area contributed by atoms with Crippen molar-refractivity contribution in [2.24, 2.45) is 0 Å². The monoisotopic (exact) mass is 384 g/mol. The second-order valence-corrected chi connectivity index (χ2v) is 7.09. The first kappa shape index (κ1) is 19.1. The van der Waals surface area contributed by atoms with E-state index in [2.05, 4.69) is 15.5 Å². The normalized spacial score (nSPS) is 10.8. The highest BCUT2D eigenvalue weighted by atomic mass is 32.2. The van der Waals surface area contributed by atoms with Gasteiger partial charge in [-0.3, -0.25) is 4.79 Å². The molecule has 0 saturated carbocycles. The number of thioether (sulfide) groups is 1. The topological polar surface area (TPSA) is 59.8 Å². The van der Waals surface area contributed by atoms with Gasteiger partial charge < -0.3 is 9.88 Å². The molecule has 0 fully saturated rings. The first-order chi connectivity index (χ1) is 13.0. The third-order valence-corrected chi connectivity index (χ3v) is 5.08. The molecule has 140 valence electrons. The van der Waals surface area contributed by atoms with Crippen LogP contribution in [0.4, 0.5) is 10.1 Å². The van der Waals surface area contributed by atoms with Crippen LogP contribution >= 0.6 is 11.8 Å². The fourth-order valence-corrected chi connectivity index (χ4v) is 3.57. The smallest absolute Gasteiger partial charge is 0.232 e. The van der Waals surface area contributed by atoms with E-state index in [0.29, 0.717) is 18.1 Å². The Morgan fingerprint density at radius 2 is 1.81 bits per heavy atom. The molecule has 1 aromatic heterocycles. The molecule has 0 aliphatic rings. The van der Waals surface area contributed by atoms with Gasteiger partial charge in [-0.25, -0.2) is 4.39 Å². The largest absolute Gasteiger partial charge is 0.326 e. The van der Waals surface area contributed by atoms with E-state index < -0.39 is 0 Å². The van der Waals surface area contributed by atoms with E-state index in [4.69, 9.17) is 0 Å². The molecule has 3 rings (SSSR count). The molecule has 0 saturated heterocycles. The SMILES string of the molecule is CCn1c(CC(=O)Nc2ccc(C)cc2)nnc1SCc1ccc(F)cc1. The average molecular weight is 384 g/mol. The molecule has 2 aromatic carbocycles. The highest BCUT2D eigenvalue weighted by molar-refractivity contribution is 7.98. The van der Waals surface area contributed by atoms with Crippen molar-refractivity contribution < 1.29 is 9.18 Å². The van der Waals surface area contributed by atoms with E-state index in [1.54, 1.807) is 12.1 Å². The zero-order chi connectivity index (χ0) is 19.2. The number of aromatic nitrogens is 3. The molecule has 1 amide bonds. The second-order valence-electron chi connectivity index (χ2n) is 6.15. The van der Waals surface area contributed by atoms with Crippen LogP contribution < -0.4 is 5.32 Å². The fraction of sp³-hybridized carbons (Fsp3) is 0.250. The molecule has 3 aromatic rings. The van der Waals surface area contributed by atoms with Gasteiger partial charge in [0.25, 0.3) is 0 Å². The Bertz CT molecular complexity index is 907. The summed E-state index contributed by atoms with van der Waals surface area (Å²) in [6, 6.07) is 14.1. The van der Waals surface area contributed by atoms with Gasteiger partial charge in [0.15, 0.2) is 5.16 Å². The number of nitrogens with zero attached hydrogens (tertiary/aromatic N) is 3. The summed E-state index contributed by atoms with van der Waals surface area (Å²) in [4.78, 5) is 12.3. The molecule has 0 spiro atoms. The number of carbonyl (C=O) groups excluding carboxylic acids is 1. The van der Waals surface area contributed by atoms with Crippen LogP contribution in [0.1, 0.15) is 23.9 Å². The lowest BCUT2D eigenvalue weighted by Crippen LogP contribution is -2.17. The molecule has 0 atom stereocenters. The molecular weight excluding hydrogens is 363 g/mol. The molecule has 5 nitrogen and oxygen atoms in total. The summed E-state index contributed by atoms with van der Waals surface area (Å²) in [6.07, 6.45) is 0.159. The molecule has 1 N–H and O–H groups in total. The van der Waals surface area contributed by atoms with Gasteiger partial charge in [-0.1, -0.05) is 41.6 Å². The quantitative estimate of drug-likeness (QED) is 0.620. The summed E-state index contributed by atoms with van der Waals surface area (Å²) in [7, 11) is 0. The van der Waals surface area contributed by atoms with E-state index in [0.717, 1.165) is 22.0 Å². The van der Waals surface area contributed by atoms with Gasteiger partial charge in [0.2, 0.25) is 5.91 Å². The van der Waals surface area contributed by atoms with Gasteiger partial charge in [0.05, 0.1) is 6.42 Å². The molecule has 1 heterocycles. The highest BCUT2D eigenvalue weighted by Crippen LogP contribution is 2.22. The van der Waals surface area contributed by atoms with Crippen LogP contribution in [0.3, 0.4) is 0 Å². The van der Waals surface area contributed by atoms with E-state index >= 15 is 0 Å². The predicted octanol–water partition coefficient (Wildman–Crippen LogP) is 4.22. The Labute approximate surface area is 162 Å². The average Bonchev–Trinajstić information content (AvgIpc) is 3.04. The fourth-order valence-electron chi connectivity index (χ4n) is 2.59. The number of carbonyl (C=O) groups is 1. The summed E-state index contributed by atoms with van der Waals surface area (Å²) in [5, 5.41) is 12.0. The van der Waals surface area contributed by atoms with Crippen molar-refractivity contribution in [2.75, 3.05) is 5.32 Å². The third kappa shape index (κ3) is 5.17. The van der Waals surface area contributed by atoms with Crippen LogP contribution in [0.25, 0.3) is 0 Å². The van der Waals surface area contributed by atoms with Crippen molar-refractivity contribution in [3.63, 3.8) is 0 Å². The van der Waals surface area contributed by atoms with Gasteiger partial charge >= 0.3 is 0 Å². The van der Waals surface area contributed by atoms with Crippen LogP contribution in [0, 0.1) is 12.7 Å². The summed E-state index contributed by atoms with van der Waals surface area (Å²) in [5.74, 6) is 0.913. The molecule has 0 aliphatic heterocycles. The van der Waals surface area contributed by atoms with Crippen LogP contribution in [-0.2, 0) is 23.5 Å². The maximum absolute atomic E-state index is 13.0. The lowest BCUT2D eigenvalue weighted by molar-refractivity contribution is -0.115. The van der Waals surface area contributed by atoms with Crippen molar-refractivity contribution in [1.82, 2.24) is 14.8 Å². The Morgan fingerprint density at radius 3 is 2.48 bits per heavy atom. The second kappa shape index (κ2) is 8.81. The summed E-state index contributed by atoms with van der Waals surface area (Å²) >= 11 is 1.52. The summed E-state index contributed by atoms with van der Waals surface area (Å²) in [5.41, 5.74) is 2.91. The van der Waals surface area contributed by atoms with Gasteiger partial charge in [-0.15, -0.1) is 10.2 Å². The standard InChI is InChI=1S/C20H21FN4OS/c1-3-25-18(12-19(26)22-17-10-4-14(2)5-11-17)23-24-20(25)27-13-15-6-8-16(21)9-7-15/h4-11H,3,12-13H2,1-2H3,(H,22,26). The Morgan fingerprint density at radius 1 is 1.11 bits per heavy atom. The number of nitrogens with one attached hydrogen (secondary N) is 1. The molecule has 0 aliphatic carbocycles. The Balaban J connectivity index is 1.63. The van der Waals surface area contributed by atoms with Crippen molar-refractivity contribution in [3.05, 3.63) is 71.3 Å². The van der Waals surface area contributed by atoms with E-state index in [1.807, 2.05) is 42.7 Å². The van der Waals surface area contributed by atoms with Gasteiger partial charge in [-0.2, -0.15) is 0 Å². The predicted molar refractivity (Wildman–Crippen MR) is 105 cm³/mol. The van der Waals surface area contributed by atoms with Crippen molar-refractivity contribution in [3.8, 4) is 0 Å². The van der Waals surface area contributed by atoms with Crippen LogP contribution in [0.15, 0.2) is 53.7 Å². The molecule has 0 unspecified atom stereocenters. The number of halogens is 1. The van der Waals surface area contributed by atoms with Crippen molar-refractivity contribution in [2.45, 2.75) is 37.7 Å². The van der Waals surface area contributed by atoms with Crippen molar-refractivity contribution in [1.29, 1.82) is 0 Å². The minimum Gasteiger partial charge on any atom is -0.326 e. The minimum absolute atomic E-state index is 0.129. The number of hydrogen-bond donors (Lipinski definition) is 1. The van der Waals surface area contributed by atoms with E-state index in [1.165, 1.54) is 23.9 Å².